The summed E-state index contributed by atoms with van der Waals surface area (Å²) in [4.78, 5) is 3.75. The predicted octanol–water partition coefficient (Wildman–Crippen LogP) is 5.72. The molecule has 0 saturated heterocycles. The highest BCUT2D eigenvalue weighted by atomic mass is 35.5. The van der Waals surface area contributed by atoms with Crippen LogP contribution in [0, 0.1) is 6.92 Å². The van der Waals surface area contributed by atoms with E-state index in [4.69, 9.17) is 23.2 Å². The van der Waals surface area contributed by atoms with Gasteiger partial charge in [-0.1, -0.05) is 35.3 Å². The number of hydrogen-bond donors (Lipinski definition) is 0. The second kappa shape index (κ2) is 5.73. The van der Waals surface area contributed by atoms with Crippen LogP contribution in [0.25, 0.3) is 11.0 Å². The van der Waals surface area contributed by atoms with Crippen LogP contribution in [-0.2, 0) is 12.7 Å². The van der Waals surface area contributed by atoms with E-state index in [1.807, 2.05) is 0 Å². The van der Waals surface area contributed by atoms with Crippen LogP contribution < -0.4 is 0 Å². The van der Waals surface area contributed by atoms with E-state index >= 15 is 0 Å². The summed E-state index contributed by atoms with van der Waals surface area (Å²) in [5.41, 5.74) is 1.94. The third-order valence-electron chi connectivity index (χ3n) is 3.51. The van der Waals surface area contributed by atoms with E-state index in [-0.39, 0.29) is 12.1 Å². The molecule has 7 heteroatoms. The number of halogens is 5. The summed E-state index contributed by atoms with van der Waals surface area (Å²) in [5.74, 6) is -0.950. The molecule has 1 aromatic heterocycles. The van der Waals surface area contributed by atoms with Crippen LogP contribution in [0.5, 0.6) is 0 Å². The van der Waals surface area contributed by atoms with Gasteiger partial charge < -0.3 is 4.57 Å². The minimum absolute atomic E-state index is 0.00525. The minimum atomic E-state index is -4.56. The Morgan fingerprint density at radius 1 is 1.13 bits per heavy atom. The number of imidazole rings is 1. The molecule has 0 amide bonds. The van der Waals surface area contributed by atoms with Gasteiger partial charge in [0.15, 0.2) is 0 Å². The van der Waals surface area contributed by atoms with Gasteiger partial charge in [0.25, 0.3) is 0 Å². The molecule has 0 spiro atoms. The SMILES string of the molecule is Cc1cc2nc(C(F)(F)F)n(Cc3cccc(Cl)c3)c2cc1Cl. The quantitative estimate of drug-likeness (QED) is 0.572. The molecule has 2 aromatic carbocycles. The molecular formula is C16H11Cl2F3N2. The Morgan fingerprint density at radius 2 is 1.87 bits per heavy atom. The largest absolute Gasteiger partial charge is 0.449 e. The van der Waals surface area contributed by atoms with Gasteiger partial charge in [0.2, 0.25) is 5.82 Å². The molecule has 120 valence electrons. The van der Waals surface area contributed by atoms with Crippen molar-refractivity contribution in [2.45, 2.75) is 19.6 Å². The molecule has 2 nitrogen and oxygen atoms in total. The molecule has 23 heavy (non-hydrogen) atoms. The summed E-state index contributed by atoms with van der Waals surface area (Å²) in [7, 11) is 0. The number of nitrogens with zero attached hydrogens (tertiary/aromatic N) is 2. The average Bonchev–Trinajstić information content (AvgIpc) is 2.78. The third kappa shape index (κ3) is 3.16. The van der Waals surface area contributed by atoms with Crippen molar-refractivity contribution in [3.05, 3.63) is 63.4 Å². The number of rotatable bonds is 2. The van der Waals surface area contributed by atoms with Crippen molar-refractivity contribution in [1.82, 2.24) is 9.55 Å². The maximum Gasteiger partial charge on any atom is 0.449 e. The lowest BCUT2D eigenvalue weighted by molar-refractivity contribution is -0.146. The summed E-state index contributed by atoms with van der Waals surface area (Å²) in [6.45, 7) is 1.73. The highest BCUT2D eigenvalue weighted by Crippen LogP contribution is 2.34. The van der Waals surface area contributed by atoms with Gasteiger partial charge in [-0.15, -0.1) is 0 Å². The predicted molar refractivity (Wildman–Crippen MR) is 85.0 cm³/mol. The number of aromatic nitrogens is 2. The Labute approximate surface area is 140 Å². The molecule has 0 radical (unpaired) electrons. The van der Waals surface area contributed by atoms with Gasteiger partial charge >= 0.3 is 6.18 Å². The van der Waals surface area contributed by atoms with Crippen LogP contribution in [0.2, 0.25) is 10.0 Å². The Bertz CT molecular complexity index is 885. The molecule has 0 aliphatic heterocycles. The zero-order valence-corrected chi connectivity index (χ0v) is 13.5. The summed E-state index contributed by atoms with van der Waals surface area (Å²) in [5, 5.41) is 0.868. The fourth-order valence-electron chi connectivity index (χ4n) is 2.44. The first-order chi connectivity index (χ1) is 10.8. The highest BCUT2D eigenvalue weighted by molar-refractivity contribution is 6.32. The van der Waals surface area contributed by atoms with Gasteiger partial charge in [-0.2, -0.15) is 13.2 Å². The van der Waals surface area contributed by atoms with E-state index < -0.39 is 12.0 Å². The van der Waals surface area contributed by atoms with Gasteiger partial charge in [-0.25, -0.2) is 4.98 Å². The first-order valence-electron chi connectivity index (χ1n) is 6.74. The lowest BCUT2D eigenvalue weighted by atomic mass is 10.2. The molecule has 3 aromatic rings. The summed E-state index contributed by atoms with van der Waals surface area (Å²) in [6, 6.07) is 9.78. The van der Waals surface area contributed by atoms with E-state index in [0.717, 1.165) is 4.57 Å². The molecule has 0 bridgehead atoms. The molecule has 0 fully saturated rings. The van der Waals surface area contributed by atoms with Gasteiger partial charge in [-0.3, -0.25) is 0 Å². The van der Waals surface area contributed by atoms with Crippen molar-refractivity contribution in [2.75, 3.05) is 0 Å². The van der Waals surface area contributed by atoms with E-state index in [1.165, 1.54) is 6.07 Å². The molecule has 0 aliphatic carbocycles. The standard InChI is InChI=1S/C16H11Cl2F3N2/c1-9-5-13-14(7-12(9)18)23(15(22-13)16(19,20)21)8-10-3-2-4-11(17)6-10/h2-7H,8H2,1H3. The second-order valence-corrected chi connectivity index (χ2v) is 6.08. The van der Waals surface area contributed by atoms with Crippen LogP contribution in [0.15, 0.2) is 36.4 Å². The van der Waals surface area contributed by atoms with Gasteiger partial charge in [0.05, 0.1) is 11.0 Å². The third-order valence-corrected chi connectivity index (χ3v) is 4.15. The Balaban J connectivity index is 2.21. The first kappa shape index (κ1) is 16.1. The maximum absolute atomic E-state index is 13.3. The lowest BCUT2D eigenvalue weighted by Crippen LogP contribution is -2.15. The highest BCUT2D eigenvalue weighted by Gasteiger charge is 2.37. The van der Waals surface area contributed by atoms with E-state index in [2.05, 4.69) is 4.98 Å². The number of benzene rings is 2. The minimum Gasteiger partial charge on any atom is -0.316 e. The zero-order valence-electron chi connectivity index (χ0n) is 12.0. The number of fused-ring (bicyclic) bond motifs is 1. The van der Waals surface area contributed by atoms with Crippen LogP contribution in [-0.4, -0.2) is 9.55 Å². The monoisotopic (exact) mass is 358 g/mol. The smallest absolute Gasteiger partial charge is 0.316 e. The zero-order chi connectivity index (χ0) is 16.8. The molecule has 0 N–H and O–H groups in total. The summed E-state index contributed by atoms with van der Waals surface area (Å²) < 4.78 is 41.1. The first-order valence-corrected chi connectivity index (χ1v) is 7.49. The van der Waals surface area contributed by atoms with Crippen molar-refractivity contribution in [1.29, 1.82) is 0 Å². The Kier molecular flexibility index (Phi) is 4.02. The molecule has 0 aliphatic rings. The van der Waals surface area contributed by atoms with Crippen molar-refractivity contribution in [2.24, 2.45) is 0 Å². The number of alkyl halides is 3. The average molecular weight is 359 g/mol. The lowest BCUT2D eigenvalue weighted by Gasteiger charge is -2.12. The van der Waals surface area contributed by atoms with E-state index in [1.54, 1.807) is 37.3 Å². The topological polar surface area (TPSA) is 17.8 Å². The van der Waals surface area contributed by atoms with E-state index in [9.17, 15) is 13.2 Å². The number of hydrogen-bond acceptors (Lipinski definition) is 1. The fraction of sp³-hybridized carbons (Fsp3) is 0.188. The molecule has 0 unspecified atom stereocenters. The molecular weight excluding hydrogens is 348 g/mol. The molecule has 0 saturated carbocycles. The van der Waals surface area contributed by atoms with Crippen molar-refractivity contribution in [3.8, 4) is 0 Å². The van der Waals surface area contributed by atoms with Crippen LogP contribution in [0.3, 0.4) is 0 Å². The maximum atomic E-state index is 13.3. The van der Waals surface area contributed by atoms with Crippen LogP contribution in [0.1, 0.15) is 17.0 Å². The fourth-order valence-corrected chi connectivity index (χ4v) is 2.82. The van der Waals surface area contributed by atoms with Gasteiger partial charge in [-0.05, 0) is 42.3 Å². The molecule has 0 atom stereocenters. The summed E-state index contributed by atoms with van der Waals surface area (Å²) >= 11 is 12.0. The van der Waals surface area contributed by atoms with Crippen molar-refractivity contribution >= 4 is 34.2 Å². The van der Waals surface area contributed by atoms with Crippen LogP contribution >= 0.6 is 23.2 Å². The van der Waals surface area contributed by atoms with E-state index in [0.29, 0.717) is 26.7 Å². The summed E-state index contributed by atoms with van der Waals surface area (Å²) in [6.07, 6.45) is -4.56. The Morgan fingerprint density at radius 3 is 2.52 bits per heavy atom. The second-order valence-electron chi connectivity index (χ2n) is 5.24. The van der Waals surface area contributed by atoms with Gasteiger partial charge in [0.1, 0.15) is 0 Å². The number of aryl methyl sites for hydroxylation is 1. The van der Waals surface area contributed by atoms with Crippen molar-refractivity contribution < 1.29 is 13.2 Å². The van der Waals surface area contributed by atoms with Gasteiger partial charge in [0, 0.05) is 16.6 Å². The van der Waals surface area contributed by atoms with Crippen molar-refractivity contribution in [3.63, 3.8) is 0 Å². The Hall–Kier alpha value is -1.72. The molecule has 3 rings (SSSR count). The normalized spacial score (nSPS) is 12.1. The molecule has 1 heterocycles. The van der Waals surface area contributed by atoms with Crippen LogP contribution in [0.4, 0.5) is 13.2 Å².